The second-order valence-corrected chi connectivity index (χ2v) is 10.4. The molecule has 1 aliphatic heterocycles. The molecule has 1 amide bonds. The van der Waals surface area contributed by atoms with Crippen LogP contribution in [0.5, 0.6) is 5.75 Å². The van der Waals surface area contributed by atoms with E-state index in [2.05, 4.69) is 15.3 Å². The van der Waals surface area contributed by atoms with Gasteiger partial charge in [-0.05, 0) is 47.8 Å². The van der Waals surface area contributed by atoms with Crippen molar-refractivity contribution in [2.24, 2.45) is 10.1 Å². The molecule has 9 heteroatoms. The number of aliphatic hydroxyl groups excluding tert-OH is 1. The molecule has 2 atom stereocenters. The lowest BCUT2D eigenvalue weighted by molar-refractivity contribution is -0.129. The molecule has 43 heavy (non-hydrogen) atoms. The molecular formula is C34H33N5O4. The zero-order chi connectivity index (χ0) is 30.1. The van der Waals surface area contributed by atoms with Crippen LogP contribution in [-0.2, 0) is 22.5 Å². The number of amides is 1. The molecule has 0 saturated heterocycles. The number of benzene rings is 4. The quantitative estimate of drug-likeness (QED) is 0.0863. The van der Waals surface area contributed by atoms with E-state index in [4.69, 9.17) is 19.6 Å². The standard InChI is InChI=1S/C34H33N5O4/c1-24-9-7-12-26(21-24)23-36-33(41)34(22-25-10-3-2-4-11-25)31(29-13-5-6-14-30(29)38-39-35)43-32(37-34)27-15-17-28(18-16-27)42-20-8-19-40/h2-7,9-18,21,31,40H,8,19-20,22-23H2,1H3,(H,36,41)/t31-,34-/m1/s1. The van der Waals surface area contributed by atoms with Gasteiger partial charge >= 0.3 is 0 Å². The minimum atomic E-state index is -1.42. The van der Waals surface area contributed by atoms with E-state index in [1.54, 1.807) is 30.3 Å². The van der Waals surface area contributed by atoms with Crippen LogP contribution in [0.2, 0.25) is 0 Å². The smallest absolute Gasteiger partial charge is 0.252 e. The molecule has 0 fully saturated rings. The molecule has 0 unspecified atom stereocenters. The van der Waals surface area contributed by atoms with E-state index in [0.29, 0.717) is 48.0 Å². The summed E-state index contributed by atoms with van der Waals surface area (Å²) in [6.07, 6.45) is -0.111. The molecule has 4 aromatic carbocycles. The molecule has 1 heterocycles. The summed E-state index contributed by atoms with van der Waals surface area (Å²) in [5.74, 6) is 0.634. The number of azide groups is 1. The molecule has 0 aromatic heterocycles. The van der Waals surface area contributed by atoms with Crippen LogP contribution in [0.25, 0.3) is 10.4 Å². The molecule has 0 saturated carbocycles. The Bertz CT molecular complexity index is 1630. The highest BCUT2D eigenvalue weighted by atomic mass is 16.5. The molecule has 0 radical (unpaired) electrons. The van der Waals surface area contributed by atoms with E-state index in [9.17, 15) is 10.3 Å². The first-order chi connectivity index (χ1) is 21.0. The van der Waals surface area contributed by atoms with Crippen molar-refractivity contribution in [2.75, 3.05) is 13.2 Å². The maximum Gasteiger partial charge on any atom is 0.252 e. The van der Waals surface area contributed by atoms with E-state index in [1.807, 2.05) is 79.7 Å². The third-order valence-corrected chi connectivity index (χ3v) is 7.25. The lowest BCUT2D eigenvalue weighted by atomic mass is 9.81. The van der Waals surface area contributed by atoms with Crippen molar-refractivity contribution >= 4 is 17.5 Å². The van der Waals surface area contributed by atoms with Crippen LogP contribution in [0.1, 0.15) is 40.3 Å². The van der Waals surface area contributed by atoms with Crippen LogP contribution in [0, 0.1) is 6.92 Å². The van der Waals surface area contributed by atoms with Crippen molar-refractivity contribution < 1.29 is 19.4 Å². The number of nitrogens with one attached hydrogen (secondary N) is 1. The van der Waals surface area contributed by atoms with Crippen LogP contribution in [0.3, 0.4) is 0 Å². The molecule has 4 aromatic rings. The van der Waals surface area contributed by atoms with Crippen LogP contribution in [-0.4, -0.2) is 35.7 Å². The summed E-state index contributed by atoms with van der Waals surface area (Å²) in [4.78, 5) is 22.5. The first-order valence-corrected chi connectivity index (χ1v) is 14.1. The summed E-state index contributed by atoms with van der Waals surface area (Å²) in [7, 11) is 0. The zero-order valence-electron chi connectivity index (χ0n) is 23.9. The normalized spacial score (nSPS) is 17.3. The monoisotopic (exact) mass is 575 g/mol. The fourth-order valence-electron chi connectivity index (χ4n) is 5.17. The average Bonchev–Trinajstić information content (AvgIpc) is 3.41. The van der Waals surface area contributed by atoms with Crippen molar-refractivity contribution in [3.8, 4) is 5.75 Å². The summed E-state index contributed by atoms with van der Waals surface area (Å²) in [6.45, 7) is 2.77. The van der Waals surface area contributed by atoms with E-state index < -0.39 is 11.6 Å². The van der Waals surface area contributed by atoms with Crippen molar-refractivity contribution in [3.63, 3.8) is 0 Å². The lowest BCUT2D eigenvalue weighted by Crippen LogP contribution is -2.49. The minimum absolute atomic E-state index is 0.0525. The highest BCUT2D eigenvalue weighted by Crippen LogP contribution is 2.45. The third kappa shape index (κ3) is 6.86. The first kappa shape index (κ1) is 29.4. The van der Waals surface area contributed by atoms with Crippen LogP contribution < -0.4 is 10.1 Å². The van der Waals surface area contributed by atoms with Crippen molar-refractivity contribution in [2.45, 2.75) is 38.0 Å². The van der Waals surface area contributed by atoms with Gasteiger partial charge in [0.25, 0.3) is 5.91 Å². The highest BCUT2D eigenvalue weighted by Gasteiger charge is 2.53. The molecule has 218 valence electrons. The Morgan fingerprint density at radius 2 is 1.77 bits per heavy atom. The number of nitrogens with zero attached hydrogens (tertiary/aromatic N) is 4. The van der Waals surface area contributed by atoms with Gasteiger partial charge in [-0.3, -0.25) is 4.79 Å². The highest BCUT2D eigenvalue weighted by molar-refractivity contribution is 6.01. The molecule has 5 rings (SSSR count). The minimum Gasteiger partial charge on any atom is -0.494 e. The lowest BCUT2D eigenvalue weighted by Gasteiger charge is -2.31. The van der Waals surface area contributed by atoms with Crippen molar-refractivity contribution in [1.29, 1.82) is 0 Å². The van der Waals surface area contributed by atoms with E-state index in [0.717, 1.165) is 16.7 Å². The Morgan fingerprint density at radius 3 is 2.51 bits per heavy atom. The predicted molar refractivity (Wildman–Crippen MR) is 165 cm³/mol. The Morgan fingerprint density at radius 1 is 1.02 bits per heavy atom. The SMILES string of the molecule is Cc1cccc(CNC(=O)[C@]2(Cc3ccccc3)N=C(c3ccc(OCCCO)cc3)O[C@@H]2c2ccccc2N=[N+]=[N-])c1. The van der Waals surface area contributed by atoms with Crippen LogP contribution in [0.4, 0.5) is 5.69 Å². The molecule has 0 aliphatic carbocycles. The number of hydrogen-bond acceptors (Lipinski definition) is 6. The zero-order valence-corrected chi connectivity index (χ0v) is 23.9. The number of aryl methyl sites for hydroxylation is 1. The third-order valence-electron chi connectivity index (χ3n) is 7.25. The van der Waals surface area contributed by atoms with Crippen molar-refractivity contribution in [1.82, 2.24) is 5.32 Å². The van der Waals surface area contributed by atoms with E-state index >= 15 is 0 Å². The number of aliphatic imine (C=N–C) groups is 1. The molecule has 0 bridgehead atoms. The second-order valence-electron chi connectivity index (χ2n) is 10.4. The molecule has 9 nitrogen and oxygen atoms in total. The second kappa shape index (κ2) is 13.7. The summed E-state index contributed by atoms with van der Waals surface area (Å²) < 4.78 is 12.3. The van der Waals surface area contributed by atoms with Gasteiger partial charge in [-0.2, -0.15) is 0 Å². The van der Waals surface area contributed by atoms with Gasteiger partial charge < -0.3 is 19.9 Å². The van der Waals surface area contributed by atoms with E-state index in [1.165, 1.54) is 0 Å². The Balaban J connectivity index is 1.59. The maximum absolute atomic E-state index is 14.4. The molecular weight excluding hydrogens is 542 g/mol. The van der Waals surface area contributed by atoms with Gasteiger partial charge in [-0.1, -0.05) is 89.5 Å². The Hall–Kier alpha value is -5.11. The topological polar surface area (TPSA) is 129 Å². The predicted octanol–water partition coefficient (Wildman–Crippen LogP) is 6.51. The van der Waals surface area contributed by atoms with Gasteiger partial charge in [0.1, 0.15) is 5.75 Å². The largest absolute Gasteiger partial charge is 0.494 e. The Kier molecular flexibility index (Phi) is 9.36. The fraction of sp³-hybridized carbons (Fsp3) is 0.235. The summed E-state index contributed by atoms with van der Waals surface area (Å²) in [5.41, 5.74) is 12.5. The van der Waals surface area contributed by atoms with Gasteiger partial charge in [0.05, 0.1) is 6.61 Å². The Labute approximate surface area is 250 Å². The van der Waals surface area contributed by atoms with Crippen LogP contribution in [0.15, 0.2) is 113 Å². The van der Waals surface area contributed by atoms with E-state index in [-0.39, 0.29) is 18.9 Å². The summed E-state index contributed by atoms with van der Waals surface area (Å²) in [5, 5.41) is 16.1. The van der Waals surface area contributed by atoms with Gasteiger partial charge in [0, 0.05) is 47.7 Å². The number of aliphatic hydroxyl groups is 1. The number of hydrogen-bond donors (Lipinski definition) is 2. The summed E-state index contributed by atoms with van der Waals surface area (Å²) >= 11 is 0. The van der Waals surface area contributed by atoms with Gasteiger partial charge in [0.2, 0.25) is 5.90 Å². The fourth-order valence-corrected chi connectivity index (χ4v) is 5.17. The van der Waals surface area contributed by atoms with Gasteiger partial charge in [0.15, 0.2) is 11.6 Å². The molecule has 1 aliphatic rings. The number of ether oxygens (including phenoxy) is 2. The first-order valence-electron chi connectivity index (χ1n) is 14.1. The average molecular weight is 576 g/mol. The number of rotatable bonds is 12. The number of carbonyl (C=O) groups is 1. The van der Waals surface area contributed by atoms with Gasteiger partial charge in [-0.25, -0.2) is 4.99 Å². The molecule has 2 N–H and O–H groups in total. The van der Waals surface area contributed by atoms with Gasteiger partial charge in [-0.15, -0.1) is 0 Å². The summed E-state index contributed by atoms with van der Waals surface area (Å²) in [6, 6.07) is 32.0. The van der Waals surface area contributed by atoms with Crippen LogP contribution >= 0.6 is 0 Å². The number of carbonyl (C=O) groups excluding carboxylic acids is 1. The maximum atomic E-state index is 14.4. The van der Waals surface area contributed by atoms with Crippen molar-refractivity contribution in [3.05, 3.63) is 141 Å². The molecule has 0 spiro atoms.